The van der Waals surface area contributed by atoms with Crippen LogP contribution in [0.1, 0.15) is 43.9 Å². The van der Waals surface area contributed by atoms with Crippen molar-refractivity contribution in [2.75, 3.05) is 5.32 Å². The lowest BCUT2D eigenvalue weighted by Crippen LogP contribution is -2.24. The van der Waals surface area contributed by atoms with Gasteiger partial charge in [-0.3, -0.25) is 0 Å². The lowest BCUT2D eigenvalue weighted by atomic mass is 10.00. The minimum absolute atomic E-state index is 0.428. The average molecular weight is 263 g/mol. The third-order valence-electron chi connectivity index (χ3n) is 3.72. The van der Waals surface area contributed by atoms with E-state index in [9.17, 15) is 0 Å². The van der Waals surface area contributed by atoms with Gasteiger partial charge in [-0.05, 0) is 44.7 Å². The molecule has 1 aromatic rings. The fraction of sp³-hybridized carbons (Fsp3) is 0.571. The second-order valence-corrected chi connectivity index (χ2v) is 5.66. The zero-order valence-corrected chi connectivity index (χ0v) is 11.9. The quantitative estimate of drug-likeness (QED) is 0.820. The number of aromatic nitrogens is 1. The minimum atomic E-state index is 0.428. The standard InChI is InChI=1S/C14H21N3S/c1-9-7-12(14(15)18)8-13(16-9)17-10(2)11-5-3-4-6-11/h7-8,10-11H,3-6H2,1-2H3,(H2,15,18)(H,16,17). The molecule has 3 N–H and O–H groups in total. The van der Waals surface area contributed by atoms with E-state index in [1.54, 1.807) is 0 Å². The summed E-state index contributed by atoms with van der Waals surface area (Å²) >= 11 is 5.02. The normalized spacial score (nSPS) is 17.7. The molecule has 0 aliphatic heterocycles. The molecule has 1 atom stereocenters. The van der Waals surface area contributed by atoms with Crippen molar-refractivity contribution >= 4 is 23.0 Å². The predicted octanol–water partition coefficient (Wildman–Crippen LogP) is 3.01. The topological polar surface area (TPSA) is 50.9 Å². The van der Waals surface area contributed by atoms with Gasteiger partial charge in [0.1, 0.15) is 10.8 Å². The molecule has 0 bridgehead atoms. The molecule has 1 aliphatic rings. The maximum atomic E-state index is 5.68. The number of nitrogens with zero attached hydrogens (tertiary/aromatic N) is 1. The largest absolute Gasteiger partial charge is 0.389 e. The van der Waals surface area contributed by atoms with Gasteiger partial charge in [0, 0.05) is 17.3 Å². The Morgan fingerprint density at radius 3 is 2.72 bits per heavy atom. The van der Waals surface area contributed by atoms with Crippen LogP contribution in [0.2, 0.25) is 0 Å². The van der Waals surface area contributed by atoms with Gasteiger partial charge >= 0.3 is 0 Å². The van der Waals surface area contributed by atoms with Crippen molar-refractivity contribution in [2.24, 2.45) is 11.7 Å². The number of pyridine rings is 1. The smallest absolute Gasteiger partial charge is 0.127 e. The highest BCUT2D eigenvalue weighted by Gasteiger charge is 2.21. The van der Waals surface area contributed by atoms with Gasteiger partial charge in [-0.25, -0.2) is 4.98 Å². The second-order valence-electron chi connectivity index (χ2n) is 5.22. The van der Waals surface area contributed by atoms with Crippen molar-refractivity contribution in [1.29, 1.82) is 0 Å². The molecule has 0 aromatic carbocycles. The number of hydrogen-bond acceptors (Lipinski definition) is 3. The summed E-state index contributed by atoms with van der Waals surface area (Å²) < 4.78 is 0. The third-order valence-corrected chi connectivity index (χ3v) is 3.96. The first-order valence-electron chi connectivity index (χ1n) is 6.61. The van der Waals surface area contributed by atoms with Gasteiger partial charge in [-0.15, -0.1) is 0 Å². The monoisotopic (exact) mass is 263 g/mol. The highest BCUT2D eigenvalue weighted by atomic mass is 32.1. The second kappa shape index (κ2) is 5.65. The summed E-state index contributed by atoms with van der Waals surface area (Å²) in [6, 6.07) is 4.33. The van der Waals surface area contributed by atoms with Crippen molar-refractivity contribution in [3.63, 3.8) is 0 Å². The van der Waals surface area contributed by atoms with Gasteiger partial charge in [0.2, 0.25) is 0 Å². The molecule has 2 rings (SSSR count). The Morgan fingerprint density at radius 1 is 1.44 bits per heavy atom. The van der Waals surface area contributed by atoms with Gasteiger partial charge in [0.05, 0.1) is 0 Å². The van der Waals surface area contributed by atoms with E-state index in [0.29, 0.717) is 11.0 Å². The molecule has 4 heteroatoms. The Balaban J connectivity index is 2.10. The first kappa shape index (κ1) is 13.3. The first-order chi connectivity index (χ1) is 8.56. The molecule has 18 heavy (non-hydrogen) atoms. The molecule has 1 unspecified atom stereocenters. The van der Waals surface area contributed by atoms with E-state index in [2.05, 4.69) is 17.2 Å². The Labute approximate surface area is 114 Å². The third kappa shape index (κ3) is 3.19. The van der Waals surface area contributed by atoms with E-state index >= 15 is 0 Å². The average Bonchev–Trinajstić information content (AvgIpc) is 2.81. The number of rotatable bonds is 4. The van der Waals surface area contributed by atoms with E-state index in [0.717, 1.165) is 23.0 Å². The van der Waals surface area contributed by atoms with Gasteiger partial charge < -0.3 is 11.1 Å². The summed E-state index contributed by atoms with van der Waals surface area (Å²) in [7, 11) is 0. The molecule has 98 valence electrons. The van der Waals surface area contributed by atoms with Crippen LogP contribution in [0.5, 0.6) is 0 Å². The van der Waals surface area contributed by atoms with Crippen LogP contribution in [-0.4, -0.2) is 16.0 Å². The lowest BCUT2D eigenvalue weighted by Gasteiger charge is -2.21. The fourth-order valence-electron chi connectivity index (χ4n) is 2.69. The number of hydrogen-bond donors (Lipinski definition) is 2. The Morgan fingerprint density at radius 2 is 2.11 bits per heavy atom. The Bertz CT molecular complexity index is 439. The van der Waals surface area contributed by atoms with E-state index in [1.165, 1.54) is 25.7 Å². The fourth-order valence-corrected chi connectivity index (χ4v) is 2.81. The van der Waals surface area contributed by atoms with Crippen LogP contribution in [-0.2, 0) is 0 Å². The highest BCUT2D eigenvalue weighted by molar-refractivity contribution is 7.80. The molecular weight excluding hydrogens is 242 g/mol. The molecule has 1 aliphatic carbocycles. The number of thiocarbonyl (C=S) groups is 1. The van der Waals surface area contributed by atoms with Gasteiger partial charge in [0.25, 0.3) is 0 Å². The van der Waals surface area contributed by atoms with Crippen LogP contribution >= 0.6 is 12.2 Å². The van der Waals surface area contributed by atoms with Crippen LogP contribution in [0.15, 0.2) is 12.1 Å². The van der Waals surface area contributed by atoms with E-state index in [-0.39, 0.29) is 0 Å². The van der Waals surface area contributed by atoms with Crippen molar-refractivity contribution in [3.05, 3.63) is 23.4 Å². The molecule has 0 amide bonds. The molecule has 3 nitrogen and oxygen atoms in total. The summed E-state index contributed by atoms with van der Waals surface area (Å²) in [6.45, 7) is 4.20. The van der Waals surface area contributed by atoms with Gasteiger partial charge in [0.15, 0.2) is 0 Å². The Hall–Kier alpha value is -1.16. The van der Waals surface area contributed by atoms with Crippen LogP contribution in [0, 0.1) is 12.8 Å². The molecule has 0 spiro atoms. The van der Waals surface area contributed by atoms with E-state index < -0.39 is 0 Å². The Kier molecular flexibility index (Phi) is 4.17. The van der Waals surface area contributed by atoms with Crippen molar-refractivity contribution in [3.8, 4) is 0 Å². The predicted molar refractivity (Wildman–Crippen MR) is 79.9 cm³/mol. The van der Waals surface area contributed by atoms with Gasteiger partial charge in [-0.1, -0.05) is 25.1 Å². The zero-order valence-electron chi connectivity index (χ0n) is 11.1. The first-order valence-corrected chi connectivity index (χ1v) is 7.02. The van der Waals surface area contributed by atoms with Crippen LogP contribution < -0.4 is 11.1 Å². The number of nitrogens with two attached hydrogens (primary N) is 1. The van der Waals surface area contributed by atoms with Crippen molar-refractivity contribution in [2.45, 2.75) is 45.6 Å². The van der Waals surface area contributed by atoms with Crippen molar-refractivity contribution in [1.82, 2.24) is 4.98 Å². The summed E-state index contributed by atoms with van der Waals surface area (Å²) in [5.41, 5.74) is 7.51. The maximum absolute atomic E-state index is 5.68. The summed E-state index contributed by atoms with van der Waals surface area (Å²) in [5.74, 6) is 1.65. The lowest BCUT2D eigenvalue weighted by molar-refractivity contribution is 0.481. The molecule has 1 saturated carbocycles. The van der Waals surface area contributed by atoms with Gasteiger partial charge in [-0.2, -0.15) is 0 Å². The molecular formula is C14H21N3S. The van der Waals surface area contributed by atoms with Crippen LogP contribution in [0.3, 0.4) is 0 Å². The number of anilines is 1. The van der Waals surface area contributed by atoms with Crippen LogP contribution in [0.25, 0.3) is 0 Å². The summed E-state index contributed by atoms with van der Waals surface area (Å²) in [5, 5.41) is 3.49. The van der Waals surface area contributed by atoms with Crippen molar-refractivity contribution < 1.29 is 0 Å². The number of aryl methyl sites for hydroxylation is 1. The molecule has 1 aromatic heterocycles. The molecule has 0 saturated heterocycles. The number of nitrogens with one attached hydrogen (secondary N) is 1. The molecule has 0 radical (unpaired) electrons. The summed E-state index contributed by atoms with van der Waals surface area (Å²) in [4.78, 5) is 4.93. The van der Waals surface area contributed by atoms with E-state index in [1.807, 2.05) is 19.1 Å². The minimum Gasteiger partial charge on any atom is -0.389 e. The maximum Gasteiger partial charge on any atom is 0.127 e. The van der Waals surface area contributed by atoms with E-state index in [4.69, 9.17) is 18.0 Å². The zero-order chi connectivity index (χ0) is 13.1. The SMILES string of the molecule is Cc1cc(C(N)=S)cc(NC(C)C2CCCC2)n1. The highest BCUT2D eigenvalue weighted by Crippen LogP contribution is 2.29. The summed E-state index contributed by atoms with van der Waals surface area (Å²) in [6.07, 6.45) is 5.36. The molecule has 1 fully saturated rings. The van der Waals surface area contributed by atoms with Crippen LogP contribution in [0.4, 0.5) is 5.82 Å². The molecule has 1 heterocycles.